The van der Waals surface area contributed by atoms with Gasteiger partial charge in [0.15, 0.2) is 0 Å². The van der Waals surface area contributed by atoms with Crippen molar-refractivity contribution in [3.05, 3.63) is 0 Å². The van der Waals surface area contributed by atoms with Crippen LogP contribution < -0.4 is 0 Å². The number of methoxy groups -OCH3 is 1. The summed E-state index contributed by atoms with van der Waals surface area (Å²) in [6.45, 7) is 8.71. The van der Waals surface area contributed by atoms with E-state index in [9.17, 15) is 9.59 Å². The van der Waals surface area contributed by atoms with Gasteiger partial charge in [-0.2, -0.15) is 0 Å². The van der Waals surface area contributed by atoms with Crippen LogP contribution in [-0.4, -0.2) is 61.4 Å². The third-order valence-electron chi connectivity index (χ3n) is 4.51. The predicted molar refractivity (Wildman–Crippen MR) is 124 cm³/mol. The van der Waals surface area contributed by atoms with Crippen molar-refractivity contribution in [2.75, 3.05) is 33.4 Å². The summed E-state index contributed by atoms with van der Waals surface area (Å²) < 4.78 is 10.0. The van der Waals surface area contributed by atoms with Crippen LogP contribution in [0.1, 0.15) is 105 Å². The minimum absolute atomic E-state index is 0.0804. The number of hydrogen-bond donors (Lipinski definition) is 1. The number of aldehydes is 1. The van der Waals surface area contributed by atoms with E-state index in [0.717, 1.165) is 19.1 Å². The van der Waals surface area contributed by atoms with Crippen molar-refractivity contribution in [3.8, 4) is 0 Å². The highest BCUT2D eigenvalue weighted by atomic mass is 16.6. The zero-order valence-corrected chi connectivity index (χ0v) is 20.4. The Balaban J connectivity index is 0. The third kappa shape index (κ3) is 24.9. The van der Waals surface area contributed by atoms with Crippen LogP contribution in [0.2, 0.25) is 0 Å². The molecule has 0 heterocycles. The van der Waals surface area contributed by atoms with E-state index < -0.39 is 11.7 Å². The van der Waals surface area contributed by atoms with E-state index in [0.29, 0.717) is 13.2 Å². The standard InChI is InChI=1S/C14H28O.C10H21NO4/c1-2-3-4-5-6-7-8-9-10-11-12-13-14-15;1-10(2,3)15-9(13)11(5-7-12)6-8-14-4/h14H,2-13H2,1H3;12H,5-8H2,1-4H3. The molecule has 0 aromatic heterocycles. The Morgan fingerprint density at radius 1 is 0.900 bits per heavy atom. The number of carbonyl (C=O) groups excluding carboxylic acids is 2. The molecule has 0 aliphatic rings. The smallest absolute Gasteiger partial charge is 0.410 e. The first kappa shape index (κ1) is 31.0. The highest BCUT2D eigenvalue weighted by molar-refractivity contribution is 5.68. The van der Waals surface area contributed by atoms with E-state index in [1.165, 1.54) is 69.1 Å². The first-order chi connectivity index (χ1) is 14.3. The quantitative estimate of drug-likeness (QED) is 0.234. The van der Waals surface area contributed by atoms with Gasteiger partial charge in [0.1, 0.15) is 11.9 Å². The van der Waals surface area contributed by atoms with Crippen LogP contribution in [-0.2, 0) is 14.3 Å². The minimum Gasteiger partial charge on any atom is -0.444 e. The van der Waals surface area contributed by atoms with E-state index in [1.54, 1.807) is 27.9 Å². The molecule has 0 aromatic carbocycles. The molecular formula is C24H49NO5. The van der Waals surface area contributed by atoms with Crippen LogP contribution in [0.15, 0.2) is 0 Å². The molecule has 0 atom stereocenters. The molecule has 0 aromatic rings. The molecule has 0 aliphatic heterocycles. The second kappa shape index (κ2) is 22.5. The van der Waals surface area contributed by atoms with E-state index >= 15 is 0 Å². The lowest BCUT2D eigenvalue weighted by atomic mass is 10.1. The summed E-state index contributed by atoms with van der Waals surface area (Å²) in [5.41, 5.74) is -0.516. The summed E-state index contributed by atoms with van der Waals surface area (Å²) in [7, 11) is 1.56. The summed E-state index contributed by atoms with van der Waals surface area (Å²) in [4.78, 5) is 23.1. The van der Waals surface area contributed by atoms with Crippen molar-refractivity contribution in [1.29, 1.82) is 0 Å². The van der Waals surface area contributed by atoms with Gasteiger partial charge in [0.05, 0.1) is 13.2 Å². The number of carbonyl (C=O) groups is 2. The number of nitrogens with zero attached hydrogens (tertiary/aromatic N) is 1. The fourth-order valence-corrected chi connectivity index (χ4v) is 2.83. The molecule has 1 amide bonds. The number of amides is 1. The molecule has 30 heavy (non-hydrogen) atoms. The zero-order chi connectivity index (χ0) is 23.1. The van der Waals surface area contributed by atoms with Gasteiger partial charge in [-0.15, -0.1) is 0 Å². The minimum atomic E-state index is -0.516. The SMILES string of the molecule is CCCCCCCCCCCCCC=O.COCCN(CCO)C(=O)OC(C)(C)C. The molecule has 0 radical (unpaired) electrons. The van der Waals surface area contributed by atoms with Crippen molar-refractivity contribution < 1.29 is 24.2 Å². The molecule has 6 heteroatoms. The van der Waals surface area contributed by atoms with E-state index in [-0.39, 0.29) is 13.2 Å². The van der Waals surface area contributed by atoms with Gasteiger partial charge in [0, 0.05) is 26.6 Å². The molecule has 0 rings (SSSR count). The molecule has 1 N–H and O–H groups in total. The maximum absolute atomic E-state index is 11.6. The lowest BCUT2D eigenvalue weighted by Crippen LogP contribution is -2.40. The van der Waals surface area contributed by atoms with Crippen molar-refractivity contribution in [3.63, 3.8) is 0 Å². The summed E-state index contributed by atoms with van der Waals surface area (Å²) in [5.74, 6) is 0. The maximum atomic E-state index is 11.6. The summed E-state index contributed by atoms with van der Waals surface area (Å²) >= 11 is 0. The Morgan fingerprint density at radius 3 is 1.80 bits per heavy atom. The highest BCUT2D eigenvalue weighted by Gasteiger charge is 2.21. The fraction of sp³-hybridized carbons (Fsp3) is 0.917. The monoisotopic (exact) mass is 431 g/mol. The normalized spacial score (nSPS) is 10.9. The Morgan fingerprint density at radius 2 is 1.40 bits per heavy atom. The molecule has 180 valence electrons. The topological polar surface area (TPSA) is 76.1 Å². The van der Waals surface area contributed by atoms with Crippen LogP contribution in [0.3, 0.4) is 0 Å². The molecule has 0 fully saturated rings. The van der Waals surface area contributed by atoms with Gasteiger partial charge < -0.3 is 24.3 Å². The number of ether oxygens (including phenoxy) is 2. The van der Waals surface area contributed by atoms with Crippen molar-refractivity contribution in [2.24, 2.45) is 0 Å². The number of aliphatic hydroxyl groups excluding tert-OH is 1. The van der Waals surface area contributed by atoms with Crippen molar-refractivity contribution in [1.82, 2.24) is 4.90 Å². The Hall–Kier alpha value is -1.14. The summed E-state index contributed by atoms with van der Waals surface area (Å²) in [6, 6.07) is 0. The van der Waals surface area contributed by atoms with Crippen LogP contribution in [0.4, 0.5) is 4.79 Å². The maximum Gasteiger partial charge on any atom is 0.410 e. The van der Waals surface area contributed by atoms with Crippen molar-refractivity contribution in [2.45, 2.75) is 110 Å². The third-order valence-corrected chi connectivity index (χ3v) is 4.51. The number of hydrogen-bond acceptors (Lipinski definition) is 5. The van der Waals surface area contributed by atoms with E-state index in [1.807, 2.05) is 0 Å². The Labute approximate surface area is 185 Å². The molecule has 0 saturated carbocycles. The first-order valence-corrected chi connectivity index (χ1v) is 11.8. The molecule has 0 spiro atoms. The van der Waals surface area contributed by atoms with Gasteiger partial charge >= 0.3 is 6.09 Å². The van der Waals surface area contributed by atoms with Gasteiger partial charge in [-0.3, -0.25) is 0 Å². The molecule has 0 unspecified atom stereocenters. The molecule has 0 saturated heterocycles. The lowest BCUT2D eigenvalue weighted by molar-refractivity contribution is -0.107. The van der Waals surface area contributed by atoms with Crippen LogP contribution in [0, 0.1) is 0 Å². The summed E-state index contributed by atoms with van der Waals surface area (Å²) in [5, 5.41) is 8.79. The second-order valence-corrected chi connectivity index (χ2v) is 8.67. The van der Waals surface area contributed by atoms with E-state index in [4.69, 9.17) is 14.6 Å². The highest BCUT2D eigenvalue weighted by Crippen LogP contribution is 2.11. The molecule has 6 nitrogen and oxygen atoms in total. The van der Waals surface area contributed by atoms with Gasteiger partial charge in [-0.1, -0.05) is 71.1 Å². The van der Waals surface area contributed by atoms with Gasteiger partial charge in [-0.25, -0.2) is 4.79 Å². The Kier molecular flexibility index (Phi) is 23.3. The fourth-order valence-electron chi connectivity index (χ4n) is 2.83. The molecule has 0 bridgehead atoms. The largest absolute Gasteiger partial charge is 0.444 e. The first-order valence-electron chi connectivity index (χ1n) is 11.8. The average Bonchev–Trinajstić information content (AvgIpc) is 2.68. The zero-order valence-electron chi connectivity index (χ0n) is 20.4. The van der Waals surface area contributed by atoms with Crippen LogP contribution >= 0.6 is 0 Å². The van der Waals surface area contributed by atoms with Gasteiger partial charge in [0.25, 0.3) is 0 Å². The van der Waals surface area contributed by atoms with Crippen LogP contribution in [0.5, 0.6) is 0 Å². The van der Waals surface area contributed by atoms with Gasteiger partial charge in [-0.05, 0) is 27.2 Å². The molecule has 0 aliphatic carbocycles. The summed E-state index contributed by atoms with van der Waals surface area (Å²) in [6.07, 6.45) is 16.2. The van der Waals surface area contributed by atoms with Crippen LogP contribution in [0.25, 0.3) is 0 Å². The average molecular weight is 432 g/mol. The second-order valence-electron chi connectivity index (χ2n) is 8.67. The van der Waals surface area contributed by atoms with E-state index in [2.05, 4.69) is 6.92 Å². The Bertz CT molecular complexity index is 382. The van der Waals surface area contributed by atoms with Gasteiger partial charge in [0.2, 0.25) is 0 Å². The molecular weight excluding hydrogens is 382 g/mol. The van der Waals surface area contributed by atoms with Crippen molar-refractivity contribution >= 4 is 12.4 Å². The number of unbranched alkanes of at least 4 members (excludes halogenated alkanes) is 11. The number of rotatable bonds is 17. The number of aliphatic hydroxyl groups is 1. The predicted octanol–water partition coefficient (Wildman–Crippen LogP) is 5.75. The lowest BCUT2D eigenvalue weighted by Gasteiger charge is -2.26.